The highest BCUT2D eigenvalue weighted by molar-refractivity contribution is 8.18. The highest BCUT2D eigenvalue weighted by Gasteiger charge is 2.35. The molecule has 0 aliphatic carbocycles. The summed E-state index contributed by atoms with van der Waals surface area (Å²) in [6.45, 7) is 2.23. The maximum Gasteiger partial charge on any atom is 0.293 e. The summed E-state index contributed by atoms with van der Waals surface area (Å²) in [5, 5.41) is 0.379. The smallest absolute Gasteiger partial charge is 0.293 e. The number of rotatable bonds is 8. The number of thioether (sulfide) groups is 1. The van der Waals surface area contributed by atoms with E-state index in [0.717, 1.165) is 22.2 Å². The van der Waals surface area contributed by atoms with Gasteiger partial charge in [-0.05, 0) is 54.6 Å². The van der Waals surface area contributed by atoms with Crippen LogP contribution in [0.4, 0.5) is 9.18 Å². The van der Waals surface area contributed by atoms with Crippen molar-refractivity contribution in [3.05, 3.63) is 98.1 Å². The Morgan fingerprint density at radius 3 is 2.40 bits per heavy atom. The van der Waals surface area contributed by atoms with Crippen molar-refractivity contribution in [2.45, 2.75) is 20.1 Å². The van der Waals surface area contributed by atoms with Crippen molar-refractivity contribution >= 4 is 52.2 Å². The van der Waals surface area contributed by atoms with E-state index in [2.05, 4.69) is 0 Å². The van der Waals surface area contributed by atoms with Crippen molar-refractivity contribution in [3.8, 4) is 11.5 Å². The molecule has 5 nitrogen and oxygen atoms in total. The van der Waals surface area contributed by atoms with Crippen LogP contribution in [0, 0.1) is 5.82 Å². The van der Waals surface area contributed by atoms with Gasteiger partial charge in [0.05, 0.1) is 23.1 Å². The zero-order valence-electron chi connectivity index (χ0n) is 18.6. The van der Waals surface area contributed by atoms with Gasteiger partial charge in [0.1, 0.15) is 12.4 Å². The fourth-order valence-corrected chi connectivity index (χ4v) is 4.73. The Hall–Kier alpha value is -3.00. The largest absolute Gasteiger partial charge is 0.490 e. The molecule has 1 aliphatic rings. The van der Waals surface area contributed by atoms with Gasteiger partial charge >= 0.3 is 0 Å². The Morgan fingerprint density at radius 2 is 1.69 bits per heavy atom. The summed E-state index contributed by atoms with van der Waals surface area (Å²) in [5.41, 5.74) is 1.61. The zero-order chi connectivity index (χ0) is 24.9. The summed E-state index contributed by atoms with van der Waals surface area (Å²) in [6.07, 6.45) is 1.55. The molecule has 1 saturated heterocycles. The first-order valence-corrected chi connectivity index (χ1v) is 12.3. The number of ether oxygens (including phenoxy) is 2. The van der Waals surface area contributed by atoms with Crippen molar-refractivity contribution in [2.24, 2.45) is 0 Å². The number of carbonyl (C=O) groups is 2. The van der Waals surface area contributed by atoms with Gasteiger partial charge in [-0.2, -0.15) is 0 Å². The number of hydrogen-bond donors (Lipinski definition) is 0. The first-order valence-electron chi connectivity index (χ1n) is 10.7. The number of halogens is 3. The highest BCUT2D eigenvalue weighted by atomic mass is 35.5. The van der Waals surface area contributed by atoms with Crippen LogP contribution in [0.25, 0.3) is 6.08 Å². The Kier molecular flexibility index (Phi) is 8.00. The second-order valence-electron chi connectivity index (χ2n) is 7.50. The molecular weight excluding hydrogens is 512 g/mol. The summed E-state index contributed by atoms with van der Waals surface area (Å²) < 4.78 is 25.6. The van der Waals surface area contributed by atoms with Crippen molar-refractivity contribution < 1.29 is 23.5 Å². The predicted octanol–water partition coefficient (Wildman–Crippen LogP) is 7.35. The molecule has 0 radical (unpaired) electrons. The van der Waals surface area contributed by atoms with Gasteiger partial charge in [-0.3, -0.25) is 14.5 Å². The molecule has 0 unspecified atom stereocenters. The number of nitrogens with zero attached hydrogens (tertiary/aromatic N) is 1. The summed E-state index contributed by atoms with van der Waals surface area (Å²) in [5.74, 6) is -0.241. The number of carbonyl (C=O) groups excluding carboxylic acids is 2. The Bertz CT molecular complexity index is 1310. The minimum atomic E-state index is -0.503. The summed E-state index contributed by atoms with van der Waals surface area (Å²) in [4.78, 5) is 26.6. The quantitative estimate of drug-likeness (QED) is 0.284. The fourth-order valence-electron chi connectivity index (χ4n) is 3.42. The predicted molar refractivity (Wildman–Crippen MR) is 136 cm³/mol. The van der Waals surface area contributed by atoms with E-state index < -0.39 is 17.0 Å². The van der Waals surface area contributed by atoms with Crippen LogP contribution in [0.5, 0.6) is 11.5 Å². The lowest BCUT2D eigenvalue weighted by molar-refractivity contribution is -0.123. The van der Waals surface area contributed by atoms with Crippen LogP contribution in [-0.2, 0) is 17.9 Å². The van der Waals surface area contributed by atoms with Crippen LogP contribution >= 0.6 is 35.0 Å². The summed E-state index contributed by atoms with van der Waals surface area (Å²) >= 11 is 13.5. The van der Waals surface area contributed by atoms with Gasteiger partial charge in [-0.1, -0.05) is 59.6 Å². The third kappa shape index (κ3) is 5.81. The number of imide groups is 1. The molecule has 35 heavy (non-hydrogen) atoms. The van der Waals surface area contributed by atoms with Gasteiger partial charge in [0.25, 0.3) is 11.1 Å². The average Bonchev–Trinajstić information content (AvgIpc) is 3.08. The first-order chi connectivity index (χ1) is 16.9. The van der Waals surface area contributed by atoms with Crippen molar-refractivity contribution in [1.29, 1.82) is 0 Å². The molecule has 4 rings (SSSR count). The van der Waals surface area contributed by atoms with Crippen molar-refractivity contribution in [2.75, 3.05) is 6.61 Å². The minimum absolute atomic E-state index is 0.144. The van der Waals surface area contributed by atoms with Gasteiger partial charge < -0.3 is 9.47 Å². The Morgan fingerprint density at radius 1 is 0.971 bits per heavy atom. The van der Waals surface area contributed by atoms with Crippen molar-refractivity contribution in [3.63, 3.8) is 0 Å². The van der Waals surface area contributed by atoms with Gasteiger partial charge in [0.15, 0.2) is 11.5 Å². The zero-order valence-corrected chi connectivity index (χ0v) is 20.9. The van der Waals surface area contributed by atoms with Gasteiger partial charge in [-0.25, -0.2) is 4.39 Å². The lowest BCUT2D eigenvalue weighted by Gasteiger charge is -2.15. The molecule has 3 aromatic carbocycles. The van der Waals surface area contributed by atoms with Gasteiger partial charge in [0.2, 0.25) is 0 Å². The van der Waals surface area contributed by atoms with Crippen LogP contribution in [-0.4, -0.2) is 22.7 Å². The lowest BCUT2D eigenvalue weighted by atomic mass is 10.1. The fraction of sp³-hybridized carbons (Fsp3) is 0.154. The van der Waals surface area contributed by atoms with Crippen LogP contribution in [0.1, 0.15) is 23.6 Å². The molecule has 0 saturated carbocycles. The normalized spacial score (nSPS) is 14.6. The Labute approximate surface area is 216 Å². The molecule has 3 aromatic rings. The molecule has 180 valence electrons. The van der Waals surface area contributed by atoms with E-state index in [1.807, 2.05) is 25.1 Å². The van der Waals surface area contributed by atoms with Crippen LogP contribution in [0.3, 0.4) is 0 Å². The Balaban J connectivity index is 1.57. The SMILES string of the molecule is CCOc1cc(/C=C2\SC(=O)N(Cc3ccccc3F)C2=O)cc(Cl)c1OCc1ccccc1Cl. The molecule has 1 fully saturated rings. The van der Waals surface area contributed by atoms with E-state index in [1.54, 1.807) is 36.4 Å². The second-order valence-corrected chi connectivity index (χ2v) is 9.31. The molecule has 0 aromatic heterocycles. The van der Waals surface area contributed by atoms with Gasteiger partial charge in [0, 0.05) is 16.1 Å². The maximum atomic E-state index is 14.0. The summed E-state index contributed by atoms with van der Waals surface area (Å²) in [7, 11) is 0. The molecule has 0 atom stereocenters. The van der Waals surface area contributed by atoms with Crippen LogP contribution in [0.15, 0.2) is 65.6 Å². The standard InChI is InChI=1S/C26H20Cl2FNO4S/c1-2-33-22-12-16(11-20(28)24(22)34-15-18-8-3-5-9-19(18)27)13-23-25(31)30(26(32)35-23)14-17-7-4-6-10-21(17)29/h3-13H,2,14-15H2,1H3/b23-13-. The number of hydrogen-bond acceptors (Lipinski definition) is 5. The summed E-state index contributed by atoms with van der Waals surface area (Å²) in [6, 6.07) is 16.6. The number of benzene rings is 3. The molecule has 1 heterocycles. The van der Waals surface area contributed by atoms with Crippen LogP contribution < -0.4 is 9.47 Å². The second kappa shape index (κ2) is 11.2. The highest BCUT2D eigenvalue weighted by Crippen LogP contribution is 2.40. The minimum Gasteiger partial charge on any atom is -0.490 e. The van der Waals surface area contributed by atoms with Gasteiger partial charge in [-0.15, -0.1) is 0 Å². The molecule has 2 amide bonds. The van der Waals surface area contributed by atoms with E-state index in [4.69, 9.17) is 32.7 Å². The monoisotopic (exact) mass is 531 g/mol. The average molecular weight is 532 g/mol. The van der Waals surface area contributed by atoms with E-state index >= 15 is 0 Å². The van der Waals surface area contributed by atoms with Crippen molar-refractivity contribution in [1.82, 2.24) is 4.90 Å². The maximum absolute atomic E-state index is 14.0. The topological polar surface area (TPSA) is 55.8 Å². The van der Waals surface area contributed by atoms with E-state index in [9.17, 15) is 14.0 Å². The molecule has 9 heteroatoms. The van der Waals surface area contributed by atoms with E-state index in [0.29, 0.717) is 28.7 Å². The molecular formula is C26H20Cl2FNO4S. The third-order valence-corrected chi connectivity index (χ3v) is 6.68. The van der Waals surface area contributed by atoms with Crippen LogP contribution in [0.2, 0.25) is 10.0 Å². The molecule has 0 N–H and O–H groups in total. The molecule has 1 aliphatic heterocycles. The van der Waals surface area contributed by atoms with E-state index in [-0.39, 0.29) is 28.6 Å². The number of amides is 2. The lowest BCUT2D eigenvalue weighted by Crippen LogP contribution is -2.27. The molecule has 0 spiro atoms. The molecule has 0 bridgehead atoms. The first kappa shape index (κ1) is 25.1. The third-order valence-electron chi connectivity index (χ3n) is 5.12. The van der Waals surface area contributed by atoms with E-state index in [1.165, 1.54) is 12.1 Å².